The molecule has 0 fully saturated rings. The molecule has 0 unspecified atom stereocenters. The summed E-state index contributed by atoms with van der Waals surface area (Å²) in [7, 11) is 0. The first-order chi connectivity index (χ1) is 23.7. The molecule has 0 spiro atoms. The highest BCUT2D eigenvalue weighted by Crippen LogP contribution is 2.55. The van der Waals surface area contributed by atoms with E-state index in [1.54, 1.807) is 0 Å². The van der Waals surface area contributed by atoms with Crippen LogP contribution in [0.2, 0.25) is 0 Å². The van der Waals surface area contributed by atoms with Gasteiger partial charge in [0.2, 0.25) is 0 Å². The first-order valence-corrected chi connectivity index (χ1v) is 16.8. The lowest BCUT2D eigenvalue weighted by molar-refractivity contribution is 0.670. The summed E-state index contributed by atoms with van der Waals surface area (Å²) >= 11 is 0. The molecule has 6 aromatic carbocycles. The zero-order valence-corrected chi connectivity index (χ0v) is 27.7. The summed E-state index contributed by atoms with van der Waals surface area (Å²) < 4.78 is 6.31. The van der Waals surface area contributed by atoms with E-state index in [0.717, 1.165) is 44.4 Å². The minimum atomic E-state index is -0.499. The molecule has 1 aromatic heterocycles. The standard InChI is InChI=1S/C44H33NO.C2H6.CH4/c1-3-14-36-37-28-27-34(29-41(37)44(40(36)4-2,31-15-7-5-8-16-31)32-17-9-6-10-18-32)45-33-25-23-30(24-26-33)35-20-13-21-39-38-19-11-12-22-42(38)46-43(35)39;1-2;/h3-29,45H,2H2,1H3;1-2H3;1H4/b14-3-;;. The van der Waals surface area contributed by atoms with Crippen LogP contribution < -0.4 is 5.32 Å². The van der Waals surface area contributed by atoms with Crippen LogP contribution in [0.5, 0.6) is 0 Å². The number of hydrogen-bond donors (Lipinski definition) is 1. The third-order valence-corrected chi connectivity index (χ3v) is 9.25. The van der Waals surface area contributed by atoms with Crippen LogP contribution in [0.3, 0.4) is 0 Å². The average Bonchev–Trinajstić information content (AvgIpc) is 3.67. The Morgan fingerprint density at radius 2 is 1.24 bits per heavy atom. The van der Waals surface area contributed by atoms with Crippen molar-refractivity contribution in [2.24, 2.45) is 0 Å². The van der Waals surface area contributed by atoms with Gasteiger partial charge in [0, 0.05) is 27.7 Å². The van der Waals surface area contributed by atoms with Crippen molar-refractivity contribution < 1.29 is 4.42 Å². The summed E-state index contributed by atoms with van der Waals surface area (Å²) in [5, 5.41) is 5.98. The maximum absolute atomic E-state index is 6.31. The predicted molar refractivity (Wildman–Crippen MR) is 212 cm³/mol. The van der Waals surface area contributed by atoms with Crippen molar-refractivity contribution >= 4 is 38.9 Å². The summed E-state index contributed by atoms with van der Waals surface area (Å²) in [5.41, 5.74) is 12.9. The van der Waals surface area contributed by atoms with Gasteiger partial charge < -0.3 is 9.73 Å². The smallest absolute Gasteiger partial charge is 0.143 e. The number of furan rings is 1. The normalized spacial score (nSPS) is 13.1. The van der Waals surface area contributed by atoms with E-state index in [-0.39, 0.29) is 7.43 Å². The molecule has 242 valence electrons. The van der Waals surface area contributed by atoms with Crippen molar-refractivity contribution in [3.63, 3.8) is 0 Å². The van der Waals surface area contributed by atoms with E-state index in [0.29, 0.717) is 0 Å². The molecule has 2 heteroatoms. The summed E-state index contributed by atoms with van der Waals surface area (Å²) in [4.78, 5) is 0. The van der Waals surface area contributed by atoms with Crippen LogP contribution in [0.25, 0.3) is 38.6 Å². The Hall–Kier alpha value is -5.86. The van der Waals surface area contributed by atoms with Crippen LogP contribution >= 0.6 is 0 Å². The van der Waals surface area contributed by atoms with Crippen LogP contribution in [-0.4, -0.2) is 0 Å². The largest absolute Gasteiger partial charge is 0.455 e. The molecule has 0 saturated heterocycles. The zero-order valence-electron chi connectivity index (χ0n) is 27.7. The third-order valence-electron chi connectivity index (χ3n) is 9.25. The Kier molecular flexibility index (Phi) is 9.51. The molecule has 0 amide bonds. The third kappa shape index (κ3) is 5.50. The Morgan fingerprint density at radius 1 is 0.633 bits per heavy atom. The van der Waals surface area contributed by atoms with Gasteiger partial charge in [-0.05, 0) is 76.2 Å². The van der Waals surface area contributed by atoms with E-state index in [2.05, 4.69) is 164 Å². The van der Waals surface area contributed by atoms with E-state index in [1.165, 1.54) is 33.4 Å². The van der Waals surface area contributed by atoms with Gasteiger partial charge in [-0.1, -0.05) is 161 Å². The van der Waals surface area contributed by atoms with E-state index in [9.17, 15) is 0 Å². The molecule has 2 nitrogen and oxygen atoms in total. The molecular formula is C47H43NO. The van der Waals surface area contributed by atoms with E-state index in [4.69, 9.17) is 4.42 Å². The lowest BCUT2D eigenvalue weighted by Gasteiger charge is -2.35. The van der Waals surface area contributed by atoms with Crippen LogP contribution in [0.15, 0.2) is 180 Å². The highest BCUT2D eigenvalue weighted by atomic mass is 16.3. The molecule has 0 bridgehead atoms. The fourth-order valence-electron chi connectivity index (χ4n) is 7.31. The molecule has 49 heavy (non-hydrogen) atoms. The van der Waals surface area contributed by atoms with Crippen LogP contribution in [0.4, 0.5) is 11.4 Å². The Bertz CT molecular complexity index is 2250. The van der Waals surface area contributed by atoms with Crippen molar-refractivity contribution in [2.75, 3.05) is 5.32 Å². The lowest BCUT2D eigenvalue weighted by Crippen LogP contribution is -2.29. The molecule has 1 aliphatic rings. The van der Waals surface area contributed by atoms with Gasteiger partial charge in [0.15, 0.2) is 0 Å². The number of para-hydroxylation sites is 2. The summed E-state index contributed by atoms with van der Waals surface area (Å²) in [6, 6.07) is 51.6. The first-order valence-electron chi connectivity index (χ1n) is 16.8. The second kappa shape index (κ2) is 14.1. The quantitative estimate of drug-likeness (QED) is 0.188. The molecule has 0 atom stereocenters. The average molecular weight is 638 g/mol. The number of nitrogens with one attached hydrogen (secondary N) is 1. The summed E-state index contributed by atoms with van der Waals surface area (Å²) in [6.45, 7) is 10.4. The second-order valence-corrected chi connectivity index (χ2v) is 11.8. The number of rotatable bonds is 7. The van der Waals surface area contributed by atoms with Gasteiger partial charge in [0.1, 0.15) is 11.2 Å². The fourth-order valence-corrected chi connectivity index (χ4v) is 7.31. The molecule has 7 aromatic rings. The van der Waals surface area contributed by atoms with Gasteiger partial charge in [-0.25, -0.2) is 0 Å². The zero-order chi connectivity index (χ0) is 33.1. The van der Waals surface area contributed by atoms with Crippen molar-refractivity contribution in [3.05, 3.63) is 198 Å². The van der Waals surface area contributed by atoms with Crippen LogP contribution in [0.1, 0.15) is 50.5 Å². The van der Waals surface area contributed by atoms with E-state index < -0.39 is 5.41 Å². The first kappa shape index (κ1) is 33.1. The number of fused-ring (bicyclic) bond motifs is 4. The molecule has 0 aliphatic heterocycles. The Labute approximate surface area is 290 Å². The highest BCUT2D eigenvalue weighted by Gasteiger charge is 2.46. The summed E-state index contributed by atoms with van der Waals surface area (Å²) in [5.74, 6) is 0. The second-order valence-electron chi connectivity index (χ2n) is 11.8. The molecule has 1 heterocycles. The Balaban J connectivity index is 0.00000136. The minimum Gasteiger partial charge on any atom is -0.455 e. The van der Waals surface area contributed by atoms with E-state index in [1.807, 2.05) is 32.1 Å². The molecule has 0 saturated carbocycles. The van der Waals surface area contributed by atoms with Gasteiger partial charge in [-0.3, -0.25) is 0 Å². The topological polar surface area (TPSA) is 25.2 Å². The number of benzene rings is 6. The molecule has 1 aliphatic carbocycles. The van der Waals surface area contributed by atoms with E-state index >= 15 is 0 Å². The molecule has 1 N–H and O–H groups in total. The Morgan fingerprint density at radius 3 is 1.90 bits per heavy atom. The SMILES string of the molecule is C.C=CC1=C(/C=C\C)c2ccc(Nc3ccc(-c4cccc5c4oc4ccccc45)cc3)cc2C1(c1ccccc1)c1ccccc1.CC. The maximum Gasteiger partial charge on any atom is 0.143 e. The van der Waals surface area contributed by atoms with Crippen molar-refractivity contribution in [1.82, 2.24) is 0 Å². The highest BCUT2D eigenvalue weighted by molar-refractivity contribution is 6.09. The van der Waals surface area contributed by atoms with Crippen molar-refractivity contribution in [1.29, 1.82) is 0 Å². The van der Waals surface area contributed by atoms with Crippen molar-refractivity contribution in [3.8, 4) is 11.1 Å². The summed E-state index contributed by atoms with van der Waals surface area (Å²) in [6.07, 6.45) is 6.38. The molecule has 8 rings (SSSR count). The fraction of sp³-hybridized carbons (Fsp3) is 0.106. The van der Waals surface area contributed by atoms with Crippen molar-refractivity contribution in [2.45, 2.75) is 33.6 Å². The predicted octanol–water partition coefficient (Wildman–Crippen LogP) is 13.5. The van der Waals surface area contributed by atoms with Gasteiger partial charge in [-0.2, -0.15) is 0 Å². The lowest BCUT2D eigenvalue weighted by atomic mass is 9.67. The van der Waals surface area contributed by atoms with Gasteiger partial charge in [-0.15, -0.1) is 0 Å². The molecule has 0 radical (unpaired) electrons. The van der Waals surface area contributed by atoms with Gasteiger partial charge in [0.05, 0.1) is 5.41 Å². The minimum absolute atomic E-state index is 0. The maximum atomic E-state index is 6.31. The number of hydrogen-bond acceptors (Lipinski definition) is 2. The van der Waals surface area contributed by atoms with Gasteiger partial charge >= 0.3 is 0 Å². The molecular weight excluding hydrogens is 595 g/mol. The number of allylic oxidation sites excluding steroid dienone is 5. The van der Waals surface area contributed by atoms with Crippen LogP contribution in [-0.2, 0) is 5.41 Å². The van der Waals surface area contributed by atoms with Crippen LogP contribution in [0, 0.1) is 0 Å². The van der Waals surface area contributed by atoms with Gasteiger partial charge in [0.25, 0.3) is 0 Å². The monoisotopic (exact) mass is 637 g/mol. The number of anilines is 2.